The highest BCUT2D eigenvalue weighted by Crippen LogP contribution is 2.37. The molecule has 1 N–H and O–H groups in total. The zero-order chi connectivity index (χ0) is 23.5. The molecule has 1 aliphatic carbocycles. The van der Waals surface area contributed by atoms with Gasteiger partial charge >= 0.3 is 5.97 Å². The van der Waals surface area contributed by atoms with Crippen molar-refractivity contribution in [2.24, 2.45) is 5.92 Å². The predicted molar refractivity (Wildman–Crippen MR) is 124 cm³/mol. The van der Waals surface area contributed by atoms with Crippen LogP contribution in [0.5, 0.6) is 5.75 Å². The SMILES string of the molecule is COC(=O)c1cccc(-c2cnc(C(O)C3Cc4ccc(OCc5ccccc5)cc4C3)o2)n1. The van der Waals surface area contributed by atoms with Gasteiger partial charge in [-0.1, -0.05) is 42.5 Å². The molecule has 0 amide bonds. The lowest BCUT2D eigenvalue weighted by Gasteiger charge is -2.14. The Morgan fingerprint density at radius 3 is 2.74 bits per heavy atom. The third-order valence-corrected chi connectivity index (χ3v) is 6.01. The number of benzene rings is 2. The van der Waals surface area contributed by atoms with E-state index in [0.717, 1.165) is 23.3 Å². The second-order valence-corrected chi connectivity index (χ2v) is 8.28. The Morgan fingerprint density at radius 2 is 1.91 bits per heavy atom. The Hall–Kier alpha value is -3.97. The normalized spacial score (nSPS) is 15.5. The van der Waals surface area contributed by atoms with Crippen LogP contribution in [-0.2, 0) is 24.2 Å². The molecule has 7 heteroatoms. The first-order chi connectivity index (χ1) is 16.6. The minimum atomic E-state index is -0.862. The molecular formula is C27H24N2O5. The van der Waals surface area contributed by atoms with Crippen LogP contribution in [0.2, 0.25) is 0 Å². The summed E-state index contributed by atoms with van der Waals surface area (Å²) in [7, 11) is 1.30. The zero-order valence-corrected chi connectivity index (χ0v) is 18.7. The molecule has 2 atom stereocenters. The van der Waals surface area contributed by atoms with Gasteiger partial charge in [0.2, 0.25) is 5.89 Å². The van der Waals surface area contributed by atoms with Crippen LogP contribution >= 0.6 is 0 Å². The van der Waals surface area contributed by atoms with Crippen LogP contribution in [0.4, 0.5) is 0 Å². The molecule has 34 heavy (non-hydrogen) atoms. The fourth-order valence-corrected chi connectivity index (χ4v) is 4.22. The van der Waals surface area contributed by atoms with Gasteiger partial charge in [0.1, 0.15) is 29.8 Å². The number of esters is 1. The summed E-state index contributed by atoms with van der Waals surface area (Å²) in [6.07, 6.45) is 2.08. The van der Waals surface area contributed by atoms with E-state index in [2.05, 4.69) is 16.0 Å². The summed E-state index contributed by atoms with van der Waals surface area (Å²) in [5, 5.41) is 11.0. The number of pyridine rings is 1. The van der Waals surface area contributed by atoms with Gasteiger partial charge in [0.25, 0.3) is 0 Å². The zero-order valence-electron chi connectivity index (χ0n) is 18.7. The lowest BCUT2D eigenvalue weighted by atomic mass is 9.99. The number of hydrogen-bond acceptors (Lipinski definition) is 7. The first kappa shape index (κ1) is 21.9. The van der Waals surface area contributed by atoms with Crippen LogP contribution in [0.25, 0.3) is 11.5 Å². The summed E-state index contributed by atoms with van der Waals surface area (Å²) in [5.41, 5.74) is 4.09. The fraction of sp³-hybridized carbons (Fsp3) is 0.222. The summed E-state index contributed by atoms with van der Waals surface area (Å²) in [5.74, 6) is 0.843. The lowest BCUT2D eigenvalue weighted by Crippen LogP contribution is -2.13. The Kier molecular flexibility index (Phi) is 6.10. The van der Waals surface area contributed by atoms with Gasteiger partial charge in [-0.15, -0.1) is 0 Å². The molecule has 2 heterocycles. The van der Waals surface area contributed by atoms with Crippen molar-refractivity contribution >= 4 is 5.97 Å². The van der Waals surface area contributed by atoms with Crippen molar-refractivity contribution in [2.45, 2.75) is 25.6 Å². The van der Waals surface area contributed by atoms with Crippen molar-refractivity contribution in [3.05, 3.63) is 101 Å². The fourth-order valence-electron chi connectivity index (χ4n) is 4.22. The van der Waals surface area contributed by atoms with Gasteiger partial charge in [0.05, 0.1) is 13.3 Å². The highest BCUT2D eigenvalue weighted by Gasteiger charge is 2.32. The largest absolute Gasteiger partial charge is 0.489 e. The van der Waals surface area contributed by atoms with E-state index >= 15 is 0 Å². The second kappa shape index (κ2) is 9.49. The third kappa shape index (κ3) is 4.56. The molecule has 0 radical (unpaired) electrons. The predicted octanol–water partition coefficient (Wildman–Crippen LogP) is 4.55. The third-order valence-electron chi connectivity index (χ3n) is 6.01. The Bertz CT molecular complexity index is 1300. The molecule has 0 spiro atoms. The van der Waals surface area contributed by atoms with Crippen LogP contribution in [0.3, 0.4) is 0 Å². The summed E-state index contributed by atoms with van der Waals surface area (Å²) in [6.45, 7) is 0.510. The van der Waals surface area contributed by atoms with E-state index < -0.39 is 12.1 Å². The van der Waals surface area contributed by atoms with Crippen molar-refractivity contribution < 1.29 is 23.8 Å². The number of methoxy groups -OCH3 is 1. The molecule has 7 nitrogen and oxygen atoms in total. The molecule has 2 aromatic heterocycles. The summed E-state index contributed by atoms with van der Waals surface area (Å²) in [6, 6.07) is 21.1. The van der Waals surface area contributed by atoms with Crippen molar-refractivity contribution in [1.29, 1.82) is 0 Å². The van der Waals surface area contributed by atoms with E-state index in [1.165, 1.54) is 18.9 Å². The molecule has 0 saturated carbocycles. The van der Waals surface area contributed by atoms with Crippen molar-refractivity contribution in [1.82, 2.24) is 9.97 Å². The van der Waals surface area contributed by atoms with Crippen LogP contribution in [0, 0.1) is 5.92 Å². The van der Waals surface area contributed by atoms with Gasteiger partial charge in [0, 0.05) is 5.92 Å². The van der Waals surface area contributed by atoms with Gasteiger partial charge in [-0.3, -0.25) is 0 Å². The molecule has 4 aromatic rings. The van der Waals surface area contributed by atoms with Gasteiger partial charge in [-0.05, 0) is 53.8 Å². The summed E-state index contributed by atoms with van der Waals surface area (Å²) >= 11 is 0. The van der Waals surface area contributed by atoms with Gasteiger partial charge in [-0.25, -0.2) is 14.8 Å². The van der Waals surface area contributed by atoms with Crippen LogP contribution in [0.15, 0.2) is 77.3 Å². The topological polar surface area (TPSA) is 94.7 Å². The van der Waals surface area contributed by atoms with Crippen molar-refractivity contribution in [3.8, 4) is 17.2 Å². The molecular weight excluding hydrogens is 432 g/mol. The molecule has 5 rings (SSSR count). The number of carbonyl (C=O) groups is 1. The summed E-state index contributed by atoms with van der Waals surface area (Å²) < 4.78 is 16.5. The number of ether oxygens (including phenoxy) is 2. The molecule has 172 valence electrons. The number of hydrogen-bond donors (Lipinski definition) is 1. The minimum absolute atomic E-state index is 0.0553. The van der Waals surface area contributed by atoms with E-state index in [4.69, 9.17) is 13.9 Å². The van der Waals surface area contributed by atoms with Crippen LogP contribution < -0.4 is 4.74 Å². The Balaban J connectivity index is 1.26. The van der Waals surface area contributed by atoms with Gasteiger partial charge in [0.15, 0.2) is 5.76 Å². The first-order valence-corrected chi connectivity index (χ1v) is 11.1. The van der Waals surface area contributed by atoms with E-state index in [9.17, 15) is 9.90 Å². The lowest BCUT2D eigenvalue weighted by molar-refractivity contribution is 0.0594. The molecule has 0 fully saturated rings. The molecule has 0 aliphatic heterocycles. The number of aliphatic hydroxyl groups is 1. The number of carbonyl (C=O) groups excluding carboxylic acids is 1. The highest BCUT2D eigenvalue weighted by molar-refractivity contribution is 5.87. The maximum Gasteiger partial charge on any atom is 0.356 e. The number of fused-ring (bicyclic) bond motifs is 1. The smallest absolute Gasteiger partial charge is 0.356 e. The second-order valence-electron chi connectivity index (χ2n) is 8.28. The monoisotopic (exact) mass is 456 g/mol. The molecule has 1 aliphatic rings. The van der Waals surface area contributed by atoms with Crippen LogP contribution in [-0.4, -0.2) is 28.2 Å². The standard InChI is InChI=1S/C27H24N2O5/c1-32-27(31)23-9-5-8-22(29-23)24-15-28-26(34-24)25(30)20-12-18-10-11-21(14-19(18)13-20)33-16-17-6-3-2-4-7-17/h2-11,14-15,20,25,30H,12-13,16H2,1H3. The maximum atomic E-state index is 11.7. The number of nitrogens with zero attached hydrogens (tertiary/aromatic N) is 2. The van der Waals surface area contributed by atoms with Crippen molar-refractivity contribution in [2.75, 3.05) is 7.11 Å². The van der Waals surface area contributed by atoms with E-state index in [0.29, 0.717) is 24.5 Å². The molecule has 2 aromatic carbocycles. The number of aliphatic hydroxyl groups excluding tert-OH is 1. The average Bonchev–Trinajstić information content (AvgIpc) is 3.55. The number of oxazole rings is 1. The minimum Gasteiger partial charge on any atom is -0.489 e. The quantitative estimate of drug-likeness (QED) is 0.408. The van der Waals surface area contributed by atoms with Gasteiger partial charge in [-0.2, -0.15) is 0 Å². The van der Waals surface area contributed by atoms with E-state index in [1.54, 1.807) is 18.2 Å². The van der Waals surface area contributed by atoms with Crippen molar-refractivity contribution in [3.63, 3.8) is 0 Å². The Morgan fingerprint density at radius 1 is 1.09 bits per heavy atom. The first-order valence-electron chi connectivity index (χ1n) is 11.1. The number of rotatable bonds is 7. The average molecular weight is 456 g/mol. The van der Waals surface area contributed by atoms with E-state index in [1.807, 2.05) is 42.5 Å². The van der Waals surface area contributed by atoms with Crippen LogP contribution in [0.1, 0.15) is 39.2 Å². The number of aromatic nitrogens is 2. The summed E-state index contributed by atoms with van der Waals surface area (Å²) in [4.78, 5) is 20.3. The Labute approximate surface area is 197 Å². The van der Waals surface area contributed by atoms with Gasteiger partial charge < -0.3 is 19.0 Å². The molecule has 2 unspecified atom stereocenters. The van der Waals surface area contributed by atoms with E-state index in [-0.39, 0.29) is 17.5 Å². The highest BCUT2D eigenvalue weighted by atomic mass is 16.5. The molecule has 0 saturated heterocycles. The maximum absolute atomic E-state index is 11.7. The molecule has 0 bridgehead atoms.